The molecule has 2 aliphatic heterocycles. The normalized spacial score (nSPS) is 24.5. The molecule has 4 aromatic heterocycles. The maximum absolute atomic E-state index is 13.6. The van der Waals surface area contributed by atoms with Gasteiger partial charge in [0.1, 0.15) is 17.1 Å². The van der Waals surface area contributed by atoms with E-state index in [4.69, 9.17) is 14.8 Å². The summed E-state index contributed by atoms with van der Waals surface area (Å²) in [6, 6.07) is 6.40. The predicted octanol–water partition coefficient (Wildman–Crippen LogP) is 3.25. The predicted molar refractivity (Wildman–Crippen MR) is 145 cm³/mol. The monoisotopic (exact) mass is 528 g/mol. The number of aliphatic hydroxyl groups is 1. The number of ether oxygens (including phenoxy) is 1. The van der Waals surface area contributed by atoms with Crippen LogP contribution in [0.1, 0.15) is 54.1 Å². The lowest BCUT2D eigenvalue weighted by Gasteiger charge is -2.27. The van der Waals surface area contributed by atoms with E-state index in [0.29, 0.717) is 46.9 Å². The number of aromatic nitrogens is 6. The van der Waals surface area contributed by atoms with Gasteiger partial charge in [0, 0.05) is 31.7 Å². The van der Waals surface area contributed by atoms with Crippen LogP contribution in [-0.2, 0) is 4.74 Å². The molecule has 3 fully saturated rings. The number of nitrogens with one attached hydrogen (secondary N) is 1. The van der Waals surface area contributed by atoms with Crippen molar-refractivity contribution in [3.05, 3.63) is 54.1 Å². The van der Waals surface area contributed by atoms with Crippen molar-refractivity contribution in [2.75, 3.05) is 30.0 Å². The third-order valence-electron chi connectivity index (χ3n) is 8.38. The molecule has 2 saturated heterocycles. The van der Waals surface area contributed by atoms with E-state index in [1.807, 2.05) is 42.2 Å². The SMILES string of the molecule is Cc1ccc(-c2nn([C@H]3CC[C@H](CO)CC3)cc2NC(=O)c2cnn3ccc(N4C[C@H]5C[C@@H]4CO5)nc23)nc1. The molecule has 1 amide bonds. The highest BCUT2D eigenvalue weighted by molar-refractivity contribution is 6.09. The van der Waals surface area contributed by atoms with Crippen molar-refractivity contribution in [1.29, 1.82) is 0 Å². The largest absolute Gasteiger partial charge is 0.396 e. The van der Waals surface area contributed by atoms with Crippen LogP contribution in [0.4, 0.5) is 11.5 Å². The standard InChI is InChI=1S/C28H32N8O3/c1-17-2-7-23(29-11-17)26-24(14-36(33-26)19-5-3-18(15-37)4-6-19)31-28(38)22-12-30-35-9-8-25(32-27(22)35)34-13-21-10-20(34)16-39-21/h2,7-9,11-12,14,18-21,37H,3-6,10,13,15-16H2,1H3,(H,31,38)/t18-,19-,20-,21-/m1/s1. The number of pyridine rings is 1. The van der Waals surface area contributed by atoms with Crippen LogP contribution >= 0.6 is 0 Å². The van der Waals surface area contributed by atoms with E-state index in [1.165, 1.54) is 0 Å². The lowest BCUT2D eigenvalue weighted by atomic mass is 9.87. The highest BCUT2D eigenvalue weighted by Gasteiger charge is 2.39. The molecule has 0 radical (unpaired) electrons. The molecule has 0 unspecified atom stereocenters. The summed E-state index contributed by atoms with van der Waals surface area (Å²) < 4.78 is 9.33. The van der Waals surface area contributed by atoms with E-state index < -0.39 is 0 Å². The van der Waals surface area contributed by atoms with Gasteiger partial charge in [0.2, 0.25) is 0 Å². The smallest absolute Gasteiger partial charge is 0.261 e. The summed E-state index contributed by atoms with van der Waals surface area (Å²) in [5.74, 6) is 0.895. The summed E-state index contributed by atoms with van der Waals surface area (Å²) in [5, 5.41) is 21.9. The molecule has 6 heterocycles. The van der Waals surface area contributed by atoms with Gasteiger partial charge in [0.05, 0.1) is 42.4 Å². The van der Waals surface area contributed by atoms with E-state index in [1.54, 1.807) is 16.9 Å². The number of carbonyl (C=O) groups is 1. The van der Waals surface area contributed by atoms with Crippen molar-refractivity contribution in [1.82, 2.24) is 29.4 Å². The van der Waals surface area contributed by atoms with Crippen molar-refractivity contribution in [2.45, 2.75) is 57.2 Å². The van der Waals surface area contributed by atoms with Crippen molar-refractivity contribution in [2.24, 2.45) is 5.92 Å². The van der Waals surface area contributed by atoms with E-state index in [9.17, 15) is 9.90 Å². The Morgan fingerprint density at radius 2 is 2.03 bits per heavy atom. The Morgan fingerprint density at radius 1 is 1.15 bits per heavy atom. The molecule has 11 nitrogen and oxygen atoms in total. The molecule has 3 aliphatic rings. The summed E-state index contributed by atoms with van der Waals surface area (Å²) in [7, 11) is 0. The Morgan fingerprint density at radius 3 is 2.74 bits per heavy atom. The zero-order chi connectivity index (χ0) is 26.5. The van der Waals surface area contributed by atoms with Gasteiger partial charge in [-0.25, -0.2) is 9.50 Å². The van der Waals surface area contributed by atoms with Gasteiger partial charge in [-0.1, -0.05) is 6.07 Å². The fourth-order valence-electron chi connectivity index (χ4n) is 6.11. The fraction of sp³-hybridized carbons (Fsp3) is 0.464. The second-order valence-electron chi connectivity index (χ2n) is 11.0. The molecule has 0 spiro atoms. The van der Waals surface area contributed by atoms with Crippen molar-refractivity contribution >= 4 is 23.1 Å². The Hall–Kier alpha value is -3.83. The van der Waals surface area contributed by atoms with Crippen molar-refractivity contribution in [3.63, 3.8) is 0 Å². The summed E-state index contributed by atoms with van der Waals surface area (Å²) in [6.45, 7) is 3.75. The number of fused-ring (bicyclic) bond motifs is 3. The van der Waals surface area contributed by atoms with Gasteiger partial charge in [0.25, 0.3) is 5.91 Å². The van der Waals surface area contributed by atoms with Gasteiger partial charge in [-0.2, -0.15) is 10.2 Å². The van der Waals surface area contributed by atoms with Crippen LogP contribution < -0.4 is 10.2 Å². The molecule has 7 rings (SSSR count). The average Bonchev–Trinajstić information content (AvgIpc) is 3.77. The van der Waals surface area contributed by atoms with Crippen LogP contribution in [0.5, 0.6) is 0 Å². The van der Waals surface area contributed by atoms with Gasteiger partial charge in [-0.3, -0.25) is 14.5 Å². The van der Waals surface area contributed by atoms with Gasteiger partial charge in [-0.05, 0) is 62.6 Å². The van der Waals surface area contributed by atoms with Crippen LogP contribution in [0, 0.1) is 12.8 Å². The minimum Gasteiger partial charge on any atom is -0.396 e. The number of hydrogen-bond donors (Lipinski definition) is 2. The zero-order valence-electron chi connectivity index (χ0n) is 21.9. The minimum absolute atomic E-state index is 0.212. The van der Waals surface area contributed by atoms with Gasteiger partial charge >= 0.3 is 0 Å². The first-order chi connectivity index (χ1) is 19.1. The number of aryl methyl sites for hydroxylation is 1. The number of aliphatic hydroxyl groups excluding tert-OH is 1. The first kappa shape index (κ1) is 24.2. The lowest BCUT2D eigenvalue weighted by molar-refractivity contribution is 0.0988. The second-order valence-corrected chi connectivity index (χ2v) is 11.0. The van der Waals surface area contributed by atoms with Crippen molar-refractivity contribution in [3.8, 4) is 11.4 Å². The number of morpholine rings is 1. The molecule has 2 bridgehead atoms. The Kier molecular flexibility index (Phi) is 6.04. The molecular weight excluding hydrogens is 496 g/mol. The highest BCUT2D eigenvalue weighted by atomic mass is 16.5. The van der Waals surface area contributed by atoms with Crippen LogP contribution in [0.3, 0.4) is 0 Å². The van der Waals surface area contributed by atoms with Crippen LogP contribution in [-0.4, -0.2) is 72.3 Å². The average molecular weight is 529 g/mol. The molecule has 1 saturated carbocycles. The molecule has 11 heteroatoms. The number of nitrogens with zero attached hydrogens (tertiary/aromatic N) is 7. The zero-order valence-corrected chi connectivity index (χ0v) is 21.9. The lowest BCUT2D eigenvalue weighted by Crippen LogP contribution is -2.37. The Balaban J connectivity index is 1.19. The maximum Gasteiger partial charge on any atom is 0.261 e. The van der Waals surface area contributed by atoms with E-state index in [-0.39, 0.29) is 24.7 Å². The third kappa shape index (κ3) is 4.45. The molecular formula is C28H32N8O3. The second kappa shape index (κ2) is 9.73. The maximum atomic E-state index is 13.6. The molecule has 202 valence electrons. The topological polar surface area (TPSA) is 123 Å². The summed E-state index contributed by atoms with van der Waals surface area (Å²) in [4.78, 5) is 25.3. The number of rotatable bonds is 6. The molecule has 1 aliphatic carbocycles. The summed E-state index contributed by atoms with van der Waals surface area (Å²) in [6.07, 6.45) is 12.2. The molecule has 0 aromatic carbocycles. The number of amides is 1. The Labute approximate surface area is 225 Å². The number of anilines is 2. The van der Waals surface area contributed by atoms with Crippen LogP contribution in [0.25, 0.3) is 17.0 Å². The van der Waals surface area contributed by atoms with Crippen LogP contribution in [0.15, 0.2) is 43.0 Å². The van der Waals surface area contributed by atoms with Gasteiger partial charge < -0.3 is 20.1 Å². The van der Waals surface area contributed by atoms with Gasteiger partial charge in [0.15, 0.2) is 5.65 Å². The van der Waals surface area contributed by atoms with Gasteiger partial charge in [-0.15, -0.1) is 0 Å². The number of carbonyl (C=O) groups excluding carboxylic acids is 1. The molecule has 2 atom stereocenters. The van der Waals surface area contributed by atoms with E-state index in [0.717, 1.165) is 50.0 Å². The van der Waals surface area contributed by atoms with Crippen molar-refractivity contribution < 1.29 is 14.6 Å². The molecule has 39 heavy (non-hydrogen) atoms. The first-order valence-electron chi connectivity index (χ1n) is 13.7. The van der Waals surface area contributed by atoms with E-state index >= 15 is 0 Å². The first-order valence-corrected chi connectivity index (χ1v) is 13.7. The summed E-state index contributed by atoms with van der Waals surface area (Å²) in [5.41, 5.74) is 3.90. The third-order valence-corrected chi connectivity index (χ3v) is 8.38. The van der Waals surface area contributed by atoms with E-state index in [2.05, 4.69) is 20.3 Å². The minimum atomic E-state index is -0.294. The fourth-order valence-corrected chi connectivity index (χ4v) is 6.11. The number of hydrogen-bond acceptors (Lipinski definition) is 8. The summed E-state index contributed by atoms with van der Waals surface area (Å²) >= 11 is 0. The Bertz CT molecular complexity index is 1510. The molecule has 2 N–H and O–H groups in total. The van der Waals surface area contributed by atoms with Crippen LogP contribution in [0.2, 0.25) is 0 Å². The molecule has 4 aromatic rings. The quantitative estimate of drug-likeness (QED) is 0.391. The highest BCUT2D eigenvalue weighted by Crippen LogP contribution is 2.35.